The van der Waals surface area contributed by atoms with Gasteiger partial charge >= 0.3 is 0 Å². The van der Waals surface area contributed by atoms with Crippen LogP contribution in [0, 0.1) is 0 Å². The van der Waals surface area contributed by atoms with Gasteiger partial charge in [0.25, 0.3) is 0 Å². The highest BCUT2D eigenvalue weighted by Crippen LogP contribution is 2.43. The van der Waals surface area contributed by atoms with Crippen molar-refractivity contribution in [3.63, 3.8) is 0 Å². The molecule has 9 rings (SSSR count). The summed E-state index contributed by atoms with van der Waals surface area (Å²) in [5.41, 5.74) is 4.17. The van der Waals surface area contributed by atoms with E-state index in [-0.39, 0.29) is 0 Å². The molecule has 2 aromatic heterocycles. The summed E-state index contributed by atoms with van der Waals surface area (Å²) in [6.07, 6.45) is 7.52. The molecule has 7 aromatic carbocycles. The van der Waals surface area contributed by atoms with Crippen molar-refractivity contribution in [1.29, 1.82) is 0 Å². The minimum absolute atomic E-state index is 0.719. The van der Waals surface area contributed by atoms with Crippen LogP contribution in [-0.2, 0) is 0 Å². The van der Waals surface area contributed by atoms with Gasteiger partial charge in [-0.25, -0.2) is 19.9 Å². The lowest BCUT2D eigenvalue weighted by atomic mass is 9.89. The lowest BCUT2D eigenvalue weighted by Crippen LogP contribution is -1.96. The van der Waals surface area contributed by atoms with Crippen LogP contribution in [0.2, 0.25) is 0 Å². The molecule has 0 bridgehead atoms. The molecule has 0 atom stereocenters. The maximum atomic E-state index is 4.97. The molecule has 0 unspecified atom stereocenters. The molecule has 2 heterocycles. The van der Waals surface area contributed by atoms with E-state index < -0.39 is 0 Å². The number of aromatic nitrogens is 4. The Bertz CT molecular complexity index is 2380. The molecule has 0 spiro atoms. The SMILES string of the molecule is c1cnc(-c2c3ccccc3c(-c3cnc(-c4ccc5ccc6cccc7ccc4c5c67)nc3)c3ccccc23)nc1. The molecule has 0 aliphatic heterocycles. The lowest BCUT2D eigenvalue weighted by molar-refractivity contribution is 1.18. The van der Waals surface area contributed by atoms with Crippen molar-refractivity contribution >= 4 is 53.9 Å². The van der Waals surface area contributed by atoms with Crippen molar-refractivity contribution in [2.45, 2.75) is 0 Å². The van der Waals surface area contributed by atoms with E-state index in [1.807, 2.05) is 18.5 Å². The Morgan fingerprint density at radius 2 is 0.905 bits per heavy atom. The Balaban J connectivity index is 1.26. The lowest BCUT2D eigenvalue weighted by Gasteiger charge is -2.16. The first-order valence-corrected chi connectivity index (χ1v) is 14.1. The van der Waals surface area contributed by atoms with Gasteiger partial charge in [0.1, 0.15) is 0 Å². The van der Waals surface area contributed by atoms with Crippen LogP contribution in [0.3, 0.4) is 0 Å². The summed E-state index contributed by atoms with van der Waals surface area (Å²) in [6.45, 7) is 0. The Kier molecular flexibility index (Phi) is 4.87. The second kappa shape index (κ2) is 8.88. The molecular weight excluding hydrogens is 512 g/mol. The molecule has 4 heteroatoms. The summed E-state index contributed by atoms with van der Waals surface area (Å²) >= 11 is 0. The predicted octanol–water partition coefficient (Wildman–Crippen LogP) is 9.47. The van der Waals surface area contributed by atoms with E-state index >= 15 is 0 Å². The van der Waals surface area contributed by atoms with Gasteiger partial charge in [0.05, 0.1) is 0 Å². The second-order valence-electron chi connectivity index (χ2n) is 10.7. The van der Waals surface area contributed by atoms with Crippen molar-refractivity contribution < 1.29 is 0 Å². The van der Waals surface area contributed by atoms with Crippen molar-refractivity contribution in [2.75, 3.05) is 0 Å². The topological polar surface area (TPSA) is 51.6 Å². The van der Waals surface area contributed by atoms with Crippen molar-refractivity contribution in [2.24, 2.45) is 0 Å². The third-order valence-electron chi connectivity index (χ3n) is 8.43. The van der Waals surface area contributed by atoms with Crippen LogP contribution < -0.4 is 0 Å². The molecule has 0 aliphatic rings. The van der Waals surface area contributed by atoms with Gasteiger partial charge in [-0.15, -0.1) is 0 Å². The zero-order valence-corrected chi connectivity index (χ0v) is 22.5. The molecule has 0 saturated carbocycles. The van der Waals surface area contributed by atoms with E-state index in [9.17, 15) is 0 Å². The minimum atomic E-state index is 0.719. The van der Waals surface area contributed by atoms with Gasteiger partial charge in [0.2, 0.25) is 0 Å². The quantitative estimate of drug-likeness (QED) is 0.167. The highest BCUT2D eigenvalue weighted by Gasteiger charge is 2.19. The van der Waals surface area contributed by atoms with Gasteiger partial charge in [-0.3, -0.25) is 0 Å². The molecule has 0 fully saturated rings. The fourth-order valence-electron chi connectivity index (χ4n) is 6.64. The van der Waals surface area contributed by atoms with Crippen molar-refractivity contribution in [3.05, 3.63) is 134 Å². The van der Waals surface area contributed by atoms with Crippen molar-refractivity contribution in [1.82, 2.24) is 19.9 Å². The van der Waals surface area contributed by atoms with E-state index in [4.69, 9.17) is 9.97 Å². The van der Waals surface area contributed by atoms with Crippen LogP contribution in [0.1, 0.15) is 0 Å². The fourth-order valence-corrected chi connectivity index (χ4v) is 6.64. The van der Waals surface area contributed by atoms with E-state index in [1.54, 1.807) is 12.4 Å². The molecule has 0 N–H and O–H groups in total. The van der Waals surface area contributed by atoms with Crippen LogP contribution in [0.5, 0.6) is 0 Å². The first kappa shape index (κ1) is 23.0. The number of benzene rings is 7. The Morgan fingerprint density at radius 1 is 0.357 bits per heavy atom. The second-order valence-corrected chi connectivity index (χ2v) is 10.7. The zero-order chi connectivity index (χ0) is 27.6. The fraction of sp³-hybridized carbons (Fsp3) is 0. The van der Waals surface area contributed by atoms with Gasteiger partial charge in [-0.1, -0.05) is 97.1 Å². The summed E-state index contributed by atoms with van der Waals surface area (Å²) < 4.78 is 0. The highest BCUT2D eigenvalue weighted by atomic mass is 14.9. The monoisotopic (exact) mass is 534 g/mol. The Hall–Kier alpha value is -5.74. The van der Waals surface area contributed by atoms with E-state index in [0.29, 0.717) is 0 Å². The van der Waals surface area contributed by atoms with Gasteiger partial charge in [0.15, 0.2) is 11.6 Å². The summed E-state index contributed by atoms with van der Waals surface area (Å²) in [4.78, 5) is 19.2. The van der Waals surface area contributed by atoms with Crippen LogP contribution in [0.25, 0.3) is 87.8 Å². The van der Waals surface area contributed by atoms with Gasteiger partial charge in [-0.05, 0) is 66.0 Å². The number of hydrogen-bond donors (Lipinski definition) is 0. The Labute approximate surface area is 241 Å². The molecule has 0 radical (unpaired) electrons. The molecule has 4 nitrogen and oxygen atoms in total. The van der Waals surface area contributed by atoms with Crippen molar-refractivity contribution in [3.8, 4) is 33.9 Å². The van der Waals surface area contributed by atoms with E-state index in [0.717, 1.165) is 55.4 Å². The molecule has 194 valence electrons. The molecular formula is C38H22N4. The maximum absolute atomic E-state index is 4.97. The van der Waals surface area contributed by atoms with E-state index in [1.165, 1.54) is 32.3 Å². The third kappa shape index (κ3) is 3.29. The Morgan fingerprint density at radius 3 is 1.55 bits per heavy atom. The number of fused-ring (bicyclic) bond motifs is 2. The number of nitrogens with zero attached hydrogens (tertiary/aromatic N) is 4. The smallest absolute Gasteiger partial charge is 0.160 e. The molecule has 9 aromatic rings. The summed E-state index contributed by atoms with van der Waals surface area (Å²) in [5.74, 6) is 1.44. The maximum Gasteiger partial charge on any atom is 0.160 e. The summed E-state index contributed by atoms with van der Waals surface area (Å²) in [5, 5.41) is 11.9. The zero-order valence-electron chi connectivity index (χ0n) is 22.5. The van der Waals surface area contributed by atoms with Gasteiger partial charge in [-0.2, -0.15) is 0 Å². The largest absolute Gasteiger partial charge is 0.237 e. The average Bonchev–Trinajstić information content (AvgIpc) is 3.06. The highest BCUT2D eigenvalue weighted by molar-refractivity contribution is 6.25. The minimum Gasteiger partial charge on any atom is -0.237 e. The standard InChI is InChI=1S/C38H22N4/c1-3-11-29-27(9-1)34(28-10-2-4-12-30(28)36(29)38-39-19-6-20-40-38)26-21-41-37(42-22-26)32-18-16-25-14-13-23-7-5-8-24-15-17-31(32)35(25)33(23)24/h1-22H. The van der Waals surface area contributed by atoms with Crippen LogP contribution in [0.4, 0.5) is 0 Å². The molecule has 0 saturated heterocycles. The first-order chi connectivity index (χ1) is 20.8. The number of hydrogen-bond acceptors (Lipinski definition) is 4. The number of rotatable bonds is 3. The average molecular weight is 535 g/mol. The van der Waals surface area contributed by atoms with Crippen LogP contribution in [-0.4, -0.2) is 19.9 Å². The molecule has 0 amide bonds. The first-order valence-electron chi connectivity index (χ1n) is 14.1. The van der Waals surface area contributed by atoms with Gasteiger partial charge < -0.3 is 0 Å². The summed E-state index contributed by atoms with van der Waals surface area (Å²) in [6, 6.07) is 38.4. The molecule has 0 aliphatic carbocycles. The van der Waals surface area contributed by atoms with Crippen LogP contribution >= 0.6 is 0 Å². The molecule has 42 heavy (non-hydrogen) atoms. The van der Waals surface area contributed by atoms with Crippen LogP contribution in [0.15, 0.2) is 134 Å². The predicted molar refractivity (Wildman–Crippen MR) is 173 cm³/mol. The van der Waals surface area contributed by atoms with Gasteiger partial charge in [0, 0.05) is 47.0 Å². The summed E-state index contributed by atoms with van der Waals surface area (Å²) in [7, 11) is 0. The van der Waals surface area contributed by atoms with E-state index in [2.05, 4.69) is 113 Å². The third-order valence-corrected chi connectivity index (χ3v) is 8.43. The normalized spacial score (nSPS) is 11.8.